The summed E-state index contributed by atoms with van der Waals surface area (Å²) in [6.07, 6.45) is 29.3. The third kappa shape index (κ3) is 8.51. The molecule has 0 amide bonds. The van der Waals surface area contributed by atoms with Gasteiger partial charge in [0.2, 0.25) is 11.5 Å². The molecule has 8 nitrogen and oxygen atoms in total. The molecule has 10 aliphatic carbocycles. The van der Waals surface area contributed by atoms with Crippen LogP contribution in [-0.4, -0.2) is 56.6 Å². The number of nitrogens with zero attached hydrogens (tertiary/aromatic N) is 2. The Bertz CT molecular complexity index is 2570. The van der Waals surface area contributed by atoms with Gasteiger partial charge in [-0.3, -0.25) is 4.79 Å². The van der Waals surface area contributed by atoms with Gasteiger partial charge in [-0.2, -0.15) is 0 Å². The van der Waals surface area contributed by atoms with Crippen LogP contribution in [0.3, 0.4) is 0 Å². The van der Waals surface area contributed by atoms with Crippen molar-refractivity contribution in [2.45, 2.75) is 249 Å². The maximum absolute atomic E-state index is 13.4. The molecule has 80 heavy (non-hydrogen) atoms. The summed E-state index contributed by atoms with van der Waals surface area (Å²) in [6, 6.07) is -0.468. The molecule has 9 saturated carbocycles. The molecule has 442 valence electrons. The zero-order chi connectivity index (χ0) is 57.4. The molecule has 0 N–H and O–H groups in total. The average molecular weight is 1100 g/mol. The Kier molecular flexibility index (Phi) is 15.2. The number of carbonyl (C=O) groups is 2. The first-order valence-electron chi connectivity index (χ1n) is 33.0. The van der Waals surface area contributed by atoms with Crippen molar-refractivity contribution in [3.63, 3.8) is 0 Å². The number of rotatable bonds is 8. The highest BCUT2D eigenvalue weighted by molar-refractivity contribution is 6.02. The summed E-state index contributed by atoms with van der Waals surface area (Å²) in [5, 5.41) is 0. The molecule has 12 rings (SSSR count). The fraction of sp³-hybridized carbons (Fsp3) is 0.861. The highest BCUT2D eigenvalue weighted by atomic mass is 16.7. The van der Waals surface area contributed by atoms with E-state index in [1.54, 1.807) is 0 Å². The Labute approximate surface area is 485 Å². The van der Waals surface area contributed by atoms with Gasteiger partial charge in [0.05, 0.1) is 19.8 Å². The zero-order valence-electron chi connectivity index (χ0n) is 52.4. The van der Waals surface area contributed by atoms with Crippen molar-refractivity contribution in [3.8, 4) is 0 Å². The predicted molar refractivity (Wildman–Crippen MR) is 318 cm³/mol. The zero-order valence-corrected chi connectivity index (χ0v) is 52.4. The van der Waals surface area contributed by atoms with E-state index in [2.05, 4.69) is 112 Å². The van der Waals surface area contributed by atoms with Crippen LogP contribution in [0.15, 0.2) is 36.1 Å². The Hall–Kier alpha value is -2.62. The Morgan fingerprint density at radius 3 is 1.51 bits per heavy atom. The Morgan fingerprint density at radius 1 is 0.562 bits per heavy atom. The van der Waals surface area contributed by atoms with Crippen LogP contribution in [0.4, 0.5) is 0 Å². The number of carbonyl (C=O) groups excluding carboxylic acids is 2. The lowest BCUT2D eigenvalue weighted by Crippen LogP contribution is -2.67. The second-order valence-electron chi connectivity index (χ2n) is 32.8. The van der Waals surface area contributed by atoms with Crippen molar-refractivity contribution in [3.05, 3.63) is 58.9 Å². The van der Waals surface area contributed by atoms with Crippen molar-refractivity contribution >= 4 is 11.6 Å². The van der Waals surface area contributed by atoms with E-state index in [0.29, 0.717) is 64.9 Å². The van der Waals surface area contributed by atoms with Gasteiger partial charge >= 0.3 is 0 Å². The van der Waals surface area contributed by atoms with Crippen LogP contribution in [0.25, 0.3) is 9.69 Å². The average Bonchev–Trinajstić information content (AvgIpc) is 3.15. The van der Waals surface area contributed by atoms with E-state index in [0.717, 1.165) is 71.4 Å². The molecule has 0 radical (unpaired) electrons. The van der Waals surface area contributed by atoms with E-state index in [1.165, 1.54) is 114 Å². The van der Waals surface area contributed by atoms with Crippen molar-refractivity contribution in [1.29, 1.82) is 0 Å². The van der Waals surface area contributed by atoms with Crippen LogP contribution in [-0.2, 0) is 28.5 Å². The number of hydrogen-bond donors (Lipinski definition) is 0. The summed E-state index contributed by atoms with van der Waals surface area (Å²) < 4.78 is 25.3. The molecule has 12 aliphatic rings. The molecule has 0 aromatic rings. The topological polar surface area (TPSA) is 79.8 Å². The molecule has 0 bridgehead atoms. The summed E-state index contributed by atoms with van der Waals surface area (Å²) in [7, 11) is 0. The SMILES string of the molecule is [C-]#[N+]C1=C[C@]2(C)[C@H]3CC[C@@H]4[C@H]5[C@H](C(=C)C)CC[C@]5(COC5CCCCO5)CC[C@@]4(C)[C@]3(C)CC[C@H]2C(C)(C)C1=O.[C-]#[N+]C1C[C@]2(C)[C@H]3CC[C@@H]4[C@H]5[C@H](C(=C)C)CC[C@]5(COC5CCCCO5)CC[C@@]4(C)[C@]3(C)CC[C@H]2C(C)(C)C1=O. The summed E-state index contributed by atoms with van der Waals surface area (Å²) in [5.41, 5.74) is 3.57. The van der Waals surface area contributed by atoms with Crippen LogP contribution < -0.4 is 0 Å². The first-order chi connectivity index (χ1) is 37.7. The van der Waals surface area contributed by atoms with Gasteiger partial charge in [-0.15, -0.1) is 0 Å². The molecule has 0 aromatic carbocycles. The van der Waals surface area contributed by atoms with Crippen LogP contribution >= 0.6 is 0 Å². The van der Waals surface area contributed by atoms with Crippen molar-refractivity contribution in [1.82, 2.24) is 0 Å². The van der Waals surface area contributed by atoms with E-state index in [-0.39, 0.29) is 67.5 Å². The standard InChI is InChI=1S/C36H55NO3.C36H53NO3/c2*1-23(2)24-14-17-36(22-40-29-11-9-10-20-39-29)19-18-34(6)25(30(24)36)12-13-28-33(5)21-26(37-8)31(38)32(3,4)27(33)15-16-35(28,34)7/h24-30H,1,9-22H2,2-7H3;21,24-25,27-30H,1,9-20,22H2,2-7H3/t24-,25+,26?,27-,28+,29?,30+,33-,34+,35+,36+;24-,25+,27-,28+,29?,30+,33-,34+,35+,36+/m00/s1. The first-order valence-corrected chi connectivity index (χ1v) is 33.0. The molecule has 11 fully saturated rings. The summed E-state index contributed by atoms with van der Waals surface area (Å²) in [6.45, 7) is 56.8. The number of fused-ring (bicyclic) bond motifs is 14. The van der Waals surface area contributed by atoms with Gasteiger partial charge < -0.3 is 28.6 Å². The van der Waals surface area contributed by atoms with Gasteiger partial charge in [0.1, 0.15) is 0 Å². The Morgan fingerprint density at radius 2 is 1.05 bits per heavy atom. The molecule has 2 saturated heterocycles. The molecule has 0 spiro atoms. The minimum Gasteiger partial charge on any atom is -0.353 e. The van der Waals surface area contributed by atoms with Crippen LogP contribution in [0.1, 0.15) is 231 Å². The summed E-state index contributed by atoms with van der Waals surface area (Å²) in [5.74, 6) is 5.77. The lowest BCUT2D eigenvalue weighted by Gasteiger charge is -2.72. The number of ketones is 2. The monoisotopic (exact) mass is 1100 g/mol. The fourth-order valence-electron chi connectivity index (χ4n) is 24.9. The Balaban J connectivity index is 0.000000169. The normalized spacial score (nSPS) is 50.5. The number of ether oxygens (including phenoxy) is 4. The minimum atomic E-state index is -0.473. The van der Waals surface area contributed by atoms with Crippen molar-refractivity contribution < 1.29 is 28.5 Å². The summed E-state index contributed by atoms with van der Waals surface area (Å²) in [4.78, 5) is 34.4. The maximum Gasteiger partial charge on any atom is 0.281 e. The second-order valence-corrected chi connectivity index (χ2v) is 32.8. The molecule has 0 aromatic heterocycles. The smallest absolute Gasteiger partial charge is 0.281 e. The molecule has 2 aliphatic heterocycles. The fourth-order valence-corrected chi connectivity index (χ4v) is 24.9. The quantitative estimate of drug-likeness (QED) is 0.178. The number of Topliss-reactive ketones (excluding diaryl/α,β-unsaturated/α-hetero) is 2. The van der Waals surface area contributed by atoms with Gasteiger partial charge in [-0.25, -0.2) is 11.4 Å². The number of allylic oxidation sites excluding steroid dienone is 4. The van der Waals surface area contributed by atoms with Gasteiger partial charge in [-0.05, 0) is 258 Å². The highest BCUT2D eigenvalue weighted by Gasteiger charge is 2.74. The van der Waals surface area contributed by atoms with E-state index in [1.807, 2.05) is 0 Å². The lowest BCUT2D eigenvalue weighted by molar-refractivity contribution is -0.246. The molecule has 3 unspecified atom stereocenters. The van der Waals surface area contributed by atoms with Crippen LogP contribution in [0, 0.1) is 126 Å². The molecular weight excluding hydrogens is 989 g/mol. The second kappa shape index (κ2) is 20.5. The van der Waals surface area contributed by atoms with Gasteiger partial charge in [0, 0.05) is 30.5 Å². The van der Waals surface area contributed by atoms with Gasteiger partial charge in [0.25, 0.3) is 6.04 Å². The summed E-state index contributed by atoms with van der Waals surface area (Å²) >= 11 is 0. The van der Waals surface area contributed by atoms with E-state index >= 15 is 0 Å². The lowest BCUT2D eigenvalue weighted by atomic mass is 9.32. The van der Waals surface area contributed by atoms with Gasteiger partial charge in [0.15, 0.2) is 18.4 Å². The molecule has 2 heterocycles. The van der Waals surface area contributed by atoms with E-state index in [4.69, 9.17) is 32.1 Å². The van der Waals surface area contributed by atoms with Crippen molar-refractivity contribution in [2.75, 3.05) is 26.4 Å². The van der Waals surface area contributed by atoms with E-state index < -0.39 is 16.9 Å². The van der Waals surface area contributed by atoms with Crippen LogP contribution in [0.5, 0.6) is 0 Å². The third-order valence-electron chi connectivity index (χ3n) is 29.2. The predicted octanol–water partition coefficient (Wildman–Crippen LogP) is 17.4. The largest absolute Gasteiger partial charge is 0.353 e. The molecule has 21 atom stereocenters. The first kappa shape index (κ1) is 59.1. The van der Waals surface area contributed by atoms with Crippen LogP contribution in [0.2, 0.25) is 0 Å². The molecule has 8 heteroatoms. The van der Waals surface area contributed by atoms with Crippen molar-refractivity contribution in [2.24, 2.45) is 113 Å². The number of hydrogen-bond acceptors (Lipinski definition) is 6. The van der Waals surface area contributed by atoms with E-state index in [9.17, 15) is 9.59 Å². The third-order valence-corrected chi connectivity index (χ3v) is 29.2. The minimum absolute atomic E-state index is 0.0165. The molecular formula is C72H108N2O6. The van der Waals surface area contributed by atoms with Gasteiger partial charge in [-0.1, -0.05) is 99.6 Å². The highest BCUT2D eigenvalue weighted by Crippen LogP contribution is 2.79. The maximum atomic E-state index is 13.4.